The van der Waals surface area contributed by atoms with Gasteiger partial charge in [0.15, 0.2) is 0 Å². The summed E-state index contributed by atoms with van der Waals surface area (Å²) in [5, 5.41) is 4.00. The summed E-state index contributed by atoms with van der Waals surface area (Å²) in [6.45, 7) is 4.49. The standard InChI is InChI=1S/C23H20ClFN2O2/c1-15-6-11-19(12-16(15)2)29-14-17-7-9-18(10-8-17)23(28)27-26-13-20-21(24)4-3-5-22(20)25/h3-13H,14H2,1-2H3,(H,27,28)/b26-13-. The Morgan fingerprint density at radius 3 is 2.55 bits per heavy atom. The normalized spacial score (nSPS) is 10.9. The summed E-state index contributed by atoms with van der Waals surface area (Å²) in [6, 6.07) is 17.3. The quantitative estimate of drug-likeness (QED) is 0.434. The molecule has 0 radical (unpaired) electrons. The van der Waals surface area contributed by atoms with Gasteiger partial charge in [-0.1, -0.05) is 35.9 Å². The van der Waals surface area contributed by atoms with Crippen LogP contribution < -0.4 is 10.2 Å². The third-order valence-electron chi connectivity index (χ3n) is 4.46. The molecule has 0 saturated carbocycles. The molecule has 0 aromatic heterocycles. The first kappa shape index (κ1) is 20.6. The molecule has 0 saturated heterocycles. The van der Waals surface area contributed by atoms with E-state index in [1.54, 1.807) is 18.2 Å². The van der Waals surface area contributed by atoms with Crippen molar-refractivity contribution in [3.05, 3.63) is 99.3 Å². The maximum Gasteiger partial charge on any atom is 0.271 e. The van der Waals surface area contributed by atoms with Gasteiger partial charge in [0.1, 0.15) is 18.2 Å². The van der Waals surface area contributed by atoms with E-state index in [1.807, 2.05) is 37.3 Å². The Kier molecular flexibility index (Phi) is 6.62. The zero-order chi connectivity index (χ0) is 20.8. The number of benzene rings is 3. The van der Waals surface area contributed by atoms with Crippen molar-refractivity contribution in [1.29, 1.82) is 0 Å². The molecule has 148 valence electrons. The van der Waals surface area contributed by atoms with E-state index in [1.165, 1.54) is 29.5 Å². The van der Waals surface area contributed by atoms with Gasteiger partial charge in [-0.3, -0.25) is 4.79 Å². The molecule has 3 aromatic carbocycles. The number of ether oxygens (including phenoxy) is 1. The number of hydrazone groups is 1. The lowest BCUT2D eigenvalue weighted by atomic mass is 10.1. The molecule has 29 heavy (non-hydrogen) atoms. The van der Waals surface area contributed by atoms with Gasteiger partial charge in [0.25, 0.3) is 5.91 Å². The lowest BCUT2D eigenvalue weighted by Crippen LogP contribution is -2.17. The first-order valence-electron chi connectivity index (χ1n) is 9.00. The highest BCUT2D eigenvalue weighted by molar-refractivity contribution is 6.33. The van der Waals surface area contributed by atoms with Crippen LogP contribution in [0, 0.1) is 19.7 Å². The predicted octanol–water partition coefficient (Wildman–Crippen LogP) is 5.44. The fraction of sp³-hybridized carbons (Fsp3) is 0.130. The monoisotopic (exact) mass is 410 g/mol. The van der Waals surface area contributed by atoms with Crippen LogP contribution >= 0.6 is 11.6 Å². The molecule has 6 heteroatoms. The van der Waals surface area contributed by atoms with E-state index in [2.05, 4.69) is 17.5 Å². The van der Waals surface area contributed by atoms with Gasteiger partial charge in [0.05, 0.1) is 11.2 Å². The molecule has 4 nitrogen and oxygen atoms in total. The molecule has 1 N–H and O–H groups in total. The van der Waals surface area contributed by atoms with E-state index in [4.69, 9.17) is 16.3 Å². The highest BCUT2D eigenvalue weighted by Gasteiger charge is 2.07. The van der Waals surface area contributed by atoms with Crippen molar-refractivity contribution < 1.29 is 13.9 Å². The van der Waals surface area contributed by atoms with Crippen LogP contribution in [-0.2, 0) is 6.61 Å². The van der Waals surface area contributed by atoms with E-state index in [0.29, 0.717) is 12.2 Å². The van der Waals surface area contributed by atoms with E-state index >= 15 is 0 Å². The highest BCUT2D eigenvalue weighted by Crippen LogP contribution is 2.18. The average molecular weight is 411 g/mol. The summed E-state index contributed by atoms with van der Waals surface area (Å²) < 4.78 is 19.5. The number of amides is 1. The number of carbonyl (C=O) groups excluding carboxylic acids is 1. The molecule has 0 atom stereocenters. The van der Waals surface area contributed by atoms with E-state index in [0.717, 1.165) is 11.3 Å². The molecule has 0 unspecified atom stereocenters. The first-order valence-corrected chi connectivity index (χ1v) is 9.38. The van der Waals surface area contributed by atoms with Gasteiger partial charge >= 0.3 is 0 Å². The number of carbonyl (C=O) groups is 1. The van der Waals surface area contributed by atoms with Crippen molar-refractivity contribution in [3.8, 4) is 5.75 Å². The second-order valence-electron chi connectivity index (χ2n) is 6.57. The first-order chi connectivity index (χ1) is 13.9. The molecule has 1 amide bonds. The van der Waals surface area contributed by atoms with Crippen molar-refractivity contribution in [2.45, 2.75) is 20.5 Å². The maximum absolute atomic E-state index is 13.7. The van der Waals surface area contributed by atoms with Crippen LogP contribution in [0.5, 0.6) is 5.75 Å². The largest absolute Gasteiger partial charge is 0.489 e. The van der Waals surface area contributed by atoms with Crippen LogP contribution in [0.4, 0.5) is 4.39 Å². The van der Waals surface area contributed by atoms with Gasteiger partial charge < -0.3 is 4.74 Å². The number of hydrogen-bond acceptors (Lipinski definition) is 3. The molecular formula is C23H20ClFN2O2. The van der Waals surface area contributed by atoms with E-state index in [9.17, 15) is 9.18 Å². The fourth-order valence-electron chi connectivity index (χ4n) is 2.58. The SMILES string of the molecule is Cc1ccc(OCc2ccc(C(=O)N/N=C\c3c(F)cccc3Cl)cc2)cc1C. The third-order valence-corrected chi connectivity index (χ3v) is 4.79. The molecule has 0 heterocycles. The molecule has 0 bridgehead atoms. The van der Waals surface area contributed by atoms with Crippen molar-refractivity contribution in [2.24, 2.45) is 5.10 Å². The number of nitrogens with one attached hydrogen (secondary N) is 1. The zero-order valence-corrected chi connectivity index (χ0v) is 16.8. The van der Waals surface area contributed by atoms with Crippen LogP contribution in [0.1, 0.15) is 32.6 Å². The summed E-state index contributed by atoms with van der Waals surface area (Å²) in [7, 11) is 0. The molecule has 3 aromatic rings. The van der Waals surface area contributed by atoms with Gasteiger partial charge in [0, 0.05) is 11.1 Å². The minimum atomic E-state index is -0.511. The Hall–Kier alpha value is -3.18. The molecule has 0 aliphatic carbocycles. The minimum absolute atomic E-state index is 0.119. The topological polar surface area (TPSA) is 50.7 Å². The Balaban J connectivity index is 1.57. The van der Waals surface area contributed by atoms with Gasteiger partial charge in [-0.15, -0.1) is 0 Å². The maximum atomic E-state index is 13.7. The van der Waals surface area contributed by atoms with E-state index in [-0.39, 0.29) is 10.6 Å². The van der Waals surface area contributed by atoms with Gasteiger partial charge in [-0.2, -0.15) is 5.10 Å². The van der Waals surface area contributed by atoms with Crippen LogP contribution in [0.25, 0.3) is 0 Å². The van der Waals surface area contributed by atoms with Gasteiger partial charge in [0.2, 0.25) is 0 Å². The Morgan fingerprint density at radius 1 is 1.10 bits per heavy atom. The molecule has 0 spiro atoms. The molecule has 0 aliphatic heterocycles. The van der Waals surface area contributed by atoms with Gasteiger partial charge in [-0.25, -0.2) is 9.82 Å². The summed E-state index contributed by atoms with van der Waals surface area (Å²) in [5.41, 5.74) is 6.23. The van der Waals surface area contributed by atoms with Crippen molar-refractivity contribution >= 4 is 23.7 Å². The van der Waals surface area contributed by atoms with Gasteiger partial charge in [-0.05, 0) is 66.9 Å². The van der Waals surface area contributed by atoms with E-state index < -0.39 is 11.7 Å². The Morgan fingerprint density at radius 2 is 1.86 bits per heavy atom. The smallest absolute Gasteiger partial charge is 0.271 e. The summed E-state index contributed by atoms with van der Waals surface area (Å²) >= 11 is 5.91. The second kappa shape index (κ2) is 9.34. The van der Waals surface area contributed by atoms with Crippen LogP contribution in [0.2, 0.25) is 5.02 Å². The molecule has 3 rings (SSSR count). The predicted molar refractivity (Wildman–Crippen MR) is 113 cm³/mol. The van der Waals surface area contributed by atoms with Crippen molar-refractivity contribution in [2.75, 3.05) is 0 Å². The van der Waals surface area contributed by atoms with Crippen molar-refractivity contribution in [1.82, 2.24) is 5.43 Å². The molecule has 0 fully saturated rings. The fourth-order valence-corrected chi connectivity index (χ4v) is 2.79. The Bertz CT molecular complexity index is 1030. The van der Waals surface area contributed by atoms with Crippen LogP contribution in [0.15, 0.2) is 65.8 Å². The Labute approximate surface area is 174 Å². The summed E-state index contributed by atoms with van der Waals surface area (Å²) in [5.74, 6) is -0.116. The number of halogens is 2. The minimum Gasteiger partial charge on any atom is -0.489 e. The molecule has 0 aliphatic rings. The number of rotatable bonds is 6. The lowest BCUT2D eigenvalue weighted by molar-refractivity contribution is 0.0955. The summed E-state index contributed by atoms with van der Waals surface area (Å²) in [6.07, 6.45) is 1.18. The number of nitrogens with zero attached hydrogens (tertiary/aromatic N) is 1. The highest BCUT2D eigenvalue weighted by atomic mass is 35.5. The summed E-state index contributed by atoms with van der Waals surface area (Å²) in [4.78, 5) is 12.2. The second-order valence-corrected chi connectivity index (χ2v) is 6.97. The molecular weight excluding hydrogens is 391 g/mol. The van der Waals surface area contributed by atoms with Crippen molar-refractivity contribution in [3.63, 3.8) is 0 Å². The average Bonchev–Trinajstić information content (AvgIpc) is 2.71. The number of aryl methyl sites for hydroxylation is 2. The van der Waals surface area contributed by atoms with Crippen LogP contribution in [-0.4, -0.2) is 12.1 Å². The number of hydrogen-bond donors (Lipinski definition) is 1. The van der Waals surface area contributed by atoms with Crippen LogP contribution in [0.3, 0.4) is 0 Å². The lowest BCUT2D eigenvalue weighted by Gasteiger charge is -2.09. The third kappa shape index (κ3) is 5.42. The zero-order valence-electron chi connectivity index (χ0n) is 16.1.